The van der Waals surface area contributed by atoms with Crippen LogP contribution in [-0.4, -0.2) is 23.3 Å². The lowest BCUT2D eigenvalue weighted by Gasteiger charge is -2.26. The van der Waals surface area contributed by atoms with Crippen LogP contribution in [0.25, 0.3) is 11.1 Å². The topological polar surface area (TPSA) is 66.8 Å². The molecule has 38 heavy (non-hydrogen) atoms. The van der Waals surface area contributed by atoms with Gasteiger partial charge in [0.25, 0.3) is 0 Å². The fourth-order valence-electron chi connectivity index (χ4n) is 3.70. The number of halogens is 6. The smallest absolute Gasteiger partial charge is 0.474 e. The molecule has 5 nitrogen and oxygen atoms in total. The number of carbonyl (C=O) groups excluding carboxylic acids is 1. The van der Waals surface area contributed by atoms with E-state index in [0.717, 1.165) is 35.9 Å². The summed E-state index contributed by atoms with van der Waals surface area (Å²) in [4.78, 5) is 24.5. The minimum Gasteiger partial charge on any atom is -0.474 e. The average Bonchev–Trinajstić information content (AvgIpc) is 2.80. The third-order valence-corrected chi connectivity index (χ3v) is 5.60. The maximum atomic E-state index is 14.1. The number of ether oxygens (including phenoxy) is 1. The van der Waals surface area contributed by atoms with Gasteiger partial charge in [-0.15, -0.1) is 13.2 Å². The van der Waals surface area contributed by atoms with Gasteiger partial charge in [0, 0.05) is 0 Å². The molecule has 3 aromatic carbocycles. The van der Waals surface area contributed by atoms with Crippen molar-refractivity contribution in [1.82, 2.24) is 0 Å². The summed E-state index contributed by atoms with van der Waals surface area (Å²) in [7, 11) is 0. The van der Waals surface area contributed by atoms with Gasteiger partial charge >= 0.3 is 24.4 Å². The predicted molar refractivity (Wildman–Crippen MR) is 128 cm³/mol. The monoisotopic (exact) mass is 539 g/mol. The van der Waals surface area contributed by atoms with Crippen LogP contribution in [-0.2, 0) is 27.7 Å². The number of alkyl halides is 6. The highest BCUT2D eigenvalue weighted by Gasteiger charge is 2.38. The SMILES string of the molecule is CC(C)(C)c1ccc(CN(C(=O)C(=O)O)c2ccc(-c3ccc(OC(F)(F)F)cc3)cc2C(F)(F)F)cc1. The van der Waals surface area contributed by atoms with Crippen molar-refractivity contribution in [2.24, 2.45) is 0 Å². The first-order chi connectivity index (χ1) is 17.5. The minimum atomic E-state index is -4.99. The number of anilines is 1. The Kier molecular flexibility index (Phi) is 7.81. The highest BCUT2D eigenvalue weighted by Crippen LogP contribution is 2.40. The fraction of sp³-hybridized carbons (Fsp3) is 0.259. The van der Waals surface area contributed by atoms with E-state index in [-0.39, 0.29) is 16.5 Å². The van der Waals surface area contributed by atoms with Crippen LogP contribution in [0.3, 0.4) is 0 Å². The van der Waals surface area contributed by atoms with Crippen molar-refractivity contribution in [3.05, 3.63) is 83.4 Å². The van der Waals surface area contributed by atoms with Crippen LogP contribution < -0.4 is 9.64 Å². The minimum absolute atomic E-state index is 0.0168. The Morgan fingerprint density at radius 1 is 0.816 bits per heavy atom. The quantitative estimate of drug-likeness (QED) is 0.275. The van der Waals surface area contributed by atoms with Crippen molar-refractivity contribution >= 4 is 17.6 Å². The van der Waals surface area contributed by atoms with Gasteiger partial charge in [-0.1, -0.05) is 63.2 Å². The summed E-state index contributed by atoms with van der Waals surface area (Å²) in [6.07, 6.45) is -9.92. The molecule has 0 aliphatic carbocycles. The van der Waals surface area contributed by atoms with E-state index < -0.39 is 48.0 Å². The van der Waals surface area contributed by atoms with E-state index in [1.165, 1.54) is 6.07 Å². The molecule has 1 amide bonds. The summed E-state index contributed by atoms with van der Waals surface area (Å²) in [5.41, 5.74) is -0.695. The van der Waals surface area contributed by atoms with Crippen LogP contribution >= 0.6 is 0 Å². The normalized spacial score (nSPS) is 12.2. The second-order valence-electron chi connectivity index (χ2n) is 9.45. The number of benzene rings is 3. The maximum Gasteiger partial charge on any atom is 0.573 e. The Morgan fingerprint density at radius 2 is 1.37 bits per heavy atom. The molecule has 0 spiro atoms. The highest BCUT2D eigenvalue weighted by molar-refractivity contribution is 6.37. The number of rotatable bonds is 5. The molecule has 11 heteroatoms. The molecule has 3 rings (SSSR count). The van der Waals surface area contributed by atoms with E-state index in [2.05, 4.69) is 4.74 Å². The van der Waals surface area contributed by atoms with Crippen LogP contribution in [0.5, 0.6) is 5.75 Å². The van der Waals surface area contributed by atoms with Gasteiger partial charge in [0.05, 0.1) is 17.8 Å². The number of aliphatic carboxylic acids is 1. The second-order valence-corrected chi connectivity index (χ2v) is 9.45. The lowest BCUT2D eigenvalue weighted by Crippen LogP contribution is -2.37. The van der Waals surface area contributed by atoms with Crippen LogP contribution in [0.1, 0.15) is 37.5 Å². The van der Waals surface area contributed by atoms with Crippen LogP contribution in [0.4, 0.5) is 32.0 Å². The van der Waals surface area contributed by atoms with Gasteiger partial charge in [-0.05, 0) is 51.9 Å². The average molecular weight is 539 g/mol. The van der Waals surface area contributed by atoms with Crippen molar-refractivity contribution in [3.63, 3.8) is 0 Å². The second kappa shape index (κ2) is 10.4. The van der Waals surface area contributed by atoms with Crippen LogP contribution in [0, 0.1) is 0 Å². The van der Waals surface area contributed by atoms with Gasteiger partial charge in [0.1, 0.15) is 5.75 Å². The largest absolute Gasteiger partial charge is 0.573 e. The van der Waals surface area contributed by atoms with E-state index in [0.29, 0.717) is 16.5 Å². The Morgan fingerprint density at radius 3 is 1.84 bits per heavy atom. The van der Waals surface area contributed by atoms with Gasteiger partial charge in [-0.25, -0.2) is 4.79 Å². The third kappa shape index (κ3) is 7.05. The molecule has 1 N–H and O–H groups in total. The van der Waals surface area contributed by atoms with Crippen LogP contribution in [0.2, 0.25) is 0 Å². The molecule has 0 unspecified atom stereocenters. The van der Waals surface area contributed by atoms with Gasteiger partial charge in [0.2, 0.25) is 0 Å². The van der Waals surface area contributed by atoms with E-state index >= 15 is 0 Å². The molecule has 0 heterocycles. The number of hydrogen-bond donors (Lipinski definition) is 1. The van der Waals surface area contributed by atoms with E-state index in [4.69, 9.17) is 0 Å². The van der Waals surface area contributed by atoms with Gasteiger partial charge < -0.3 is 9.84 Å². The predicted octanol–water partition coefficient (Wildman–Crippen LogP) is 7.19. The molecular formula is C27H23F6NO4. The Hall–Kier alpha value is -4.02. The van der Waals surface area contributed by atoms with E-state index in [1.807, 2.05) is 20.8 Å². The van der Waals surface area contributed by atoms with Crippen molar-refractivity contribution in [2.45, 2.75) is 45.3 Å². The number of amides is 1. The summed E-state index contributed by atoms with van der Waals surface area (Å²) < 4.78 is 83.3. The third-order valence-electron chi connectivity index (χ3n) is 5.60. The molecular weight excluding hydrogens is 516 g/mol. The van der Waals surface area contributed by atoms with E-state index in [9.17, 15) is 41.0 Å². The number of carboxylic acids is 1. The summed E-state index contributed by atoms with van der Waals surface area (Å²) in [6, 6.07) is 13.8. The standard InChI is InChI=1S/C27H23F6NO4/c1-25(2,3)19-9-4-16(5-10-19)15-34(23(35)24(36)37)22-13-8-18(14-21(22)26(28,29)30)17-6-11-20(12-7-17)38-27(31,32)33/h4-14H,15H2,1-3H3,(H,36,37). The Labute approximate surface area is 214 Å². The summed E-state index contributed by atoms with van der Waals surface area (Å²) in [6.45, 7) is 5.46. The first-order valence-electron chi connectivity index (χ1n) is 11.2. The molecule has 0 saturated heterocycles. The number of nitrogens with zero attached hydrogens (tertiary/aromatic N) is 1. The molecule has 0 saturated carbocycles. The molecule has 3 aromatic rings. The van der Waals surface area contributed by atoms with E-state index in [1.54, 1.807) is 24.3 Å². The number of carbonyl (C=O) groups is 2. The van der Waals surface area contributed by atoms with Crippen molar-refractivity contribution in [1.29, 1.82) is 0 Å². The van der Waals surface area contributed by atoms with Crippen molar-refractivity contribution < 1.29 is 45.8 Å². The first-order valence-corrected chi connectivity index (χ1v) is 11.2. The van der Waals surface area contributed by atoms with Gasteiger partial charge in [0.15, 0.2) is 0 Å². The molecule has 0 aliphatic rings. The van der Waals surface area contributed by atoms with Crippen molar-refractivity contribution in [3.8, 4) is 16.9 Å². The summed E-state index contributed by atoms with van der Waals surface area (Å²) >= 11 is 0. The lowest BCUT2D eigenvalue weighted by molar-refractivity contribution is -0.274. The molecule has 202 valence electrons. The molecule has 0 radical (unpaired) electrons. The zero-order valence-electron chi connectivity index (χ0n) is 20.4. The highest BCUT2D eigenvalue weighted by atomic mass is 19.4. The van der Waals surface area contributed by atoms with Gasteiger partial charge in [-0.2, -0.15) is 13.2 Å². The summed E-state index contributed by atoms with van der Waals surface area (Å²) in [5, 5.41) is 9.31. The van der Waals surface area contributed by atoms with Crippen molar-refractivity contribution in [2.75, 3.05) is 4.90 Å². The molecule has 0 bridgehead atoms. The Balaban J connectivity index is 2.04. The zero-order valence-corrected chi connectivity index (χ0v) is 20.4. The Bertz CT molecular complexity index is 1310. The first kappa shape index (κ1) is 28.5. The van der Waals surface area contributed by atoms with Gasteiger partial charge in [-0.3, -0.25) is 9.69 Å². The molecule has 0 fully saturated rings. The summed E-state index contributed by atoms with van der Waals surface area (Å²) in [5.74, 6) is -4.05. The zero-order chi connectivity index (χ0) is 28.5. The lowest BCUT2D eigenvalue weighted by atomic mass is 9.86. The number of carboxylic acid groups (broad SMARTS) is 1. The maximum absolute atomic E-state index is 14.1. The fourth-order valence-corrected chi connectivity index (χ4v) is 3.70. The molecule has 0 aromatic heterocycles. The number of hydrogen-bond acceptors (Lipinski definition) is 3. The van der Waals surface area contributed by atoms with Crippen LogP contribution in [0.15, 0.2) is 66.7 Å². The molecule has 0 atom stereocenters. The molecule has 0 aliphatic heterocycles.